The fourth-order valence-electron chi connectivity index (χ4n) is 0.947. The van der Waals surface area contributed by atoms with Crippen LogP contribution >= 0.6 is 0 Å². The first-order valence-electron chi connectivity index (χ1n) is 3.15. The van der Waals surface area contributed by atoms with Crippen molar-refractivity contribution >= 4 is 5.87 Å². The summed E-state index contributed by atoms with van der Waals surface area (Å²) in [5, 5.41) is 0. The average Bonchev–Trinajstić information content (AvgIpc) is 2.05. The van der Waals surface area contributed by atoms with E-state index < -0.39 is 0 Å². The van der Waals surface area contributed by atoms with Crippen molar-refractivity contribution in [2.24, 2.45) is 0 Å². The molecule has 46 valence electrons. The van der Waals surface area contributed by atoms with Crippen molar-refractivity contribution in [1.82, 2.24) is 0 Å². The average molecular weight is 128 g/mol. The summed E-state index contributed by atoms with van der Waals surface area (Å²) in [6, 6.07) is 0. The van der Waals surface area contributed by atoms with Gasteiger partial charge in [0.1, 0.15) is 0 Å². The molecule has 0 unspecified atom stereocenters. The van der Waals surface area contributed by atoms with Gasteiger partial charge in [0.2, 0.25) is 0 Å². The summed E-state index contributed by atoms with van der Waals surface area (Å²) in [6.45, 7) is 0. The zero-order chi connectivity index (χ0) is 6.81. The van der Waals surface area contributed by atoms with E-state index in [1.165, 1.54) is 5.57 Å². The van der Waals surface area contributed by atoms with Crippen LogP contribution in [0, 0.1) is 0 Å². The van der Waals surface area contributed by atoms with Crippen molar-refractivity contribution in [3.8, 4) is 0 Å². The van der Waals surface area contributed by atoms with Crippen molar-refractivity contribution in [1.29, 1.82) is 0 Å². The van der Waals surface area contributed by atoms with Crippen LogP contribution in [0.3, 0.4) is 0 Å². The zero-order valence-electron chi connectivity index (χ0n) is 5.39. The molecule has 2 aliphatic rings. The first-order chi connectivity index (χ1) is 4.97. The minimum absolute atomic E-state index is 1.07. The van der Waals surface area contributed by atoms with Gasteiger partial charge in [0, 0.05) is 17.7 Å². The van der Waals surface area contributed by atoms with E-state index in [0.29, 0.717) is 0 Å². The molecule has 10 heavy (non-hydrogen) atoms. The van der Waals surface area contributed by atoms with E-state index in [1.54, 1.807) is 0 Å². The number of rotatable bonds is 0. The SMILES string of the molecule is C1=CC=C2C=C[NH+]=C=C2C=1. The summed E-state index contributed by atoms with van der Waals surface area (Å²) in [6.07, 6.45) is 9.70. The van der Waals surface area contributed by atoms with Gasteiger partial charge < -0.3 is 0 Å². The Balaban J connectivity index is 2.68. The normalized spacial score (nSPS) is 18.4. The van der Waals surface area contributed by atoms with E-state index in [1.807, 2.05) is 30.5 Å². The third-order valence-corrected chi connectivity index (χ3v) is 1.45. The van der Waals surface area contributed by atoms with Gasteiger partial charge in [-0.25, -0.2) is 0 Å². The first kappa shape index (κ1) is 5.25. The Labute approximate surface area is 59.1 Å². The van der Waals surface area contributed by atoms with Crippen molar-refractivity contribution in [3.05, 3.63) is 47.4 Å². The quantitative estimate of drug-likeness (QED) is 0.436. The third kappa shape index (κ3) is 0.708. The largest absolute Gasteiger partial charge is 0.180 e. The second kappa shape index (κ2) is 2.00. The topological polar surface area (TPSA) is 14.0 Å². The summed E-state index contributed by atoms with van der Waals surface area (Å²) in [5.74, 6) is 2.99. The maximum absolute atomic E-state index is 2.99. The molecule has 1 N–H and O–H groups in total. The minimum atomic E-state index is 1.07. The monoisotopic (exact) mass is 128 g/mol. The highest BCUT2D eigenvalue weighted by molar-refractivity contribution is 5.70. The Morgan fingerprint density at radius 2 is 2.40 bits per heavy atom. The lowest BCUT2D eigenvalue weighted by atomic mass is 10.0. The molecule has 0 aromatic heterocycles. The number of nitrogens with one attached hydrogen (secondary N) is 1. The number of fused-ring (bicyclic) bond motifs is 1. The molecule has 1 nitrogen and oxygen atoms in total. The first-order valence-corrected chi connectivity index (χ1v) is 3.15. The molecule has 0 amide bonds. The van der Waals surface area contributed by atoms with Crippen molar-refractivity contribution in [3.63, 3.8) is 0 Å². The summed E-state index contributed by atoms with van der Waals surface area (Å²) < 4.78 is 0. The highest BCUT2D eigenvalue weighted by atomic mass is 14.7. The molecule has 2 rings (SSSR count). The lowest BCUT2D eigenvalue weighted by molar-refractivity contribution is -0.364. The molecule has 0 atom stereocenters. The van der Waals surface area contributed by atoms with Crippen LogP contribution in [-0.4, -0.2) is 5.87 Å². The molecule has 0 saturated heterocycles. The molecule has 1 aliphatic heterocycles. The molecule has 0 aromatic rings. The van der Waals surface area contributed by atoms with Crippen molar-refractivity contribution in [2.45, 2.75) is 0 Å². The van der Waals surface area contributed by atoms with Crippen LogP contribution in [0.5, 0.6) is 0 Å². The highest BCUT2D eigenvalue weighted by Gasteiger charge is 2.04. The van der Waals surface area contributed by atoms with Gasteiger partial charge in [0.05, 0.1) is 5.57 Å². The molecule has 0 spiro atoms. The maximum atomic E-state index is 2.99. The number of allylic oxidation sites excluding steroid dienone is 5. The van der Waals surface area contributed by atoms with Gasteiger partial charge in [-0.15, -0.1) is 5.73 Å². The Kier molecular flexibility index (Phi) is 1.05. The van der Waals surface area contributed by atoms with Gasteiger partial charge in [-0.3, -0.25) is 0 Å². The van der Waals surface area contributed by atoms with Gasteiger partial charge >= 0.3 is 0 Å². The van der Waals surface area contributed by atoms with Gasteiger partial charge in [0.25, 0.3) is 0 Å². The molecule has 0 fully saturated rings. The summed E-state index contributed by atoms with van der Waals surface area (Å²) in [7, 11) is 0. The predicted molar refractivity (Wildman–Crippen MR) is 39.4 cm³/mol. The lowest BCUT2D eigenvalue weighted by Crippen LogP contribution is -2.60. The molecule has 0 aromatic carbocycles. The van der Waals surface area contributed by atoms with Crippen LogP contribution in [0.15, 0.2) is 47.4 Å². The molecular formula is C9H6N+. The summed E-state index contributed by atoms with van der Waals surface area (Å²) in [4.78, 5) is 2.89. The van der Waals surface area contributed by atoms with E-state index in [9.17, 15) is 0 Å². The van der Waals surface area contributed by atoms with Crippen LogP contribution in [0.2, 0.25) is 0 Å². The molecular weight excluding hydrogens is 122 g/mol. The lowest BCUT2D eigenvalue weighted by Gasteiger charge is -1.98. The predicted octanol–water partition coefficient (Wildman–Crippen LogP) is -0.158. The second-order valence-electron chi connectivity index (χ2n) is 2.12. The van der Waals surface area contributed by atoms with Gasteiger partial charge in [0.15, 0.2) is 12.1 Å². The Morgan fingerprint density at radius 1 is 1.40 bits per heavy atom. The second-order valence-corrected chi connectivity index (χ2v) is 2.12. The van der Waals surface area contributed by atoms with Gasteiger partial charge in [-0.1, -0.05) is 0 Å². The smallest absolute Gasteiger partial charge is 0.170 e. The fourth-order valence-corrected chi connectivity index (χ4v) is 0.947. The van der Waals surface area contributed by atoms with Crippen molar-refractivity contribution < 1.29 is 4.99 Å². The van der Waals surface area contributed by atoms with E-state index in [4.69, 9.17) is 0 Å². The van der Waals surface area contributed by atoms with Gasteiger partial charge in [-0.05, 0) is 12.2 Å². The third-order valence-electron chi connectivity index (χ3n) is 1.45. The Bertz CT molecular complexity index is 341. The highest BCUT2D eigenvalue weighted by Crippen LogP contribution is 2.12. The molecule has 1 heterocycles. The molecule has 1 heteroatoms. The van der Waals surface area contributed by atoms with Crippen molar-refractivity contribution in [2.75, 3.05) is 0 Å². The fraction of sp³-hybridized carbons (Fsp3) is 0. The van der Waals surface area contributed by atoms with E-state index in [2.05, 4.69) is 16.6 Å². The minimum Gasteiger partial charge on any atom is -0.170 e. The molecule has 0 bridgehead atoms. The number of hydrogen-bond acceptors (Lipinski definition) is 0. The van der Waals surface area contributed by atoms with Crippen LogP contribution in [-0.2, 0) is 0 Å². The Morgan fingerprint density at radius 3 is 3.30 bits per heavy atom. The van der Waals surface area contributed by atoms with E-state index in [-0.39, 0.29) is 0 Å². The Hall–Kier alpha value is -1.55. The van der Waals surface area contributed by atoms with Crippen LogP contribution in [0.1, 0.15) is 0 Å². The standard InChI is InChI=1S/C9H5N/c1-2-4-9-7-10-6-5-8(9)3-1/h1,3-6H/p+1. The van der Waals surface area contributed by atoms with E-state index >= 15 is 0 Å². The number of hydrogen-bond donors (Lipinski definition) is 1. The zero-order valence-corrected chi connectivity index (χ0v) is 5.39. The molecule has 0 saturated carbocycles. The van der Waals surface area contributed by atoms with Crippen LogP contribution in [0.4, 0.5) is 0 Å². The van der Waals surface area contributed by atoms with Gasteiger partial charge in [-0.2, -0.15) is 4.99 Å². The summed E-state index contributed by atoms with van der Waals surface area (Å²) >= 11 is 0. The molecule has 1 aliphatic carbocycles. The summed E-state index contributed by atoms with van der Waals surface area (Å²) in [5.41, 5.74) is 5.25. The van der Waals surface area contributed by atoms with Crippen LogP contribution < -0.4 is 4.99 Å². The molecule has 0 radical (unpaired) electrons. The van der Waals surface area contributed by atoms with E-state index in [0.717, 1.165) is 5.57 Å². The maximum Gasteiger partial charge on any atom is 0.180 e. The van der Waals surface area contributed by atoms with Crippen LogP contribution in [0.25, 0.3) is 0 Å².